The number of hydrogen-bond acceptors (Lipinski definition) is 3. The molecule has 14 heavy (non-hydrogen) atoms. The largest absolute Gasteiger partial charge is 0.300 e. The molecule has 0 aliphatic carbocycles. The fourth-order valence-corrected chi connectivity index (χ4v) is 2.54. The minimum absolute atomic E-state index is 0.0347. The smallest absolute Gasteiger partial charge is 0.180 e. The van der Waals surface area contributed by atoms with Crippen molar-refractivity contribution in [2.45, 2.75) is 33.6 Å². The van der Waals surface area contributed by atoms with Gasteiger partial charge in [-0.3, -0.25) is 9.59 Å². The molecule has 0 aromatic carbocycles. The molecule has 0 saturated carbocycles. The summed E-state index contributed by atoms with van der Waals surface area (Å²) >= 11 is 1.45. The third kappa shape index (κ3) is 2.29. The van der Waals surface area contributed by atoms with E-state index in [0.717, 1.165) is 22.4 Å². The average molecular weight is 210 g/mol. The standard InChI is InChI=1S/C11H14O2S/c1-4-9-7(2)6-14-11(9)10(13)5-8(3)12/h6H,4-5H2,1-3H3. The zero-order valence-electron chi connectivity index (χ0n) is 8.72. The highest BCUT2D eigenvalue weighted by Crippen LogP contribution is 2.23. The van der Waals surface area contributed by atoms with Crippen LogP contribution in [0.5, 0.6) is 0 Å². The number of carbonyl (C=O) groups excluding carboxylic acids is 2. The lowest BCUT2D eigenvalue weighted by Gasteiger charge is -1.99. The van der Waals surface area contributed by atoms with Crippen molar-refractivity contribution < 1.29 is 9.59 Å². The molecule has 2 nitrogen and oxygen atoms in total. The van der Waals surface area contributed by atoms with Crippen LogP contribution in [0.4, 0.5) is 0 Å². The van der Waals surface area contributed by atoms with E-state index in [0.29, 0.717) is 0 Å². The Bertz CT molecular complexity index is 363. The van der Waals surface area contributed by atoms with Crippen LogP contribution in [0, 0.1) is 6.92 Å². The lowest BCUT2D eigenvalue weighted by molar-refractivity contribution is -0.116. The first kappa shape index (κ1) is 11.1. The van der Waals surface area contributed by atoms with E-state index >= 15 is 0 Å². The van der Waals surface area contributed by atoms with Gasteiger partial charge in [-0.2, -0.15) is 0 Å². The van der Waals surface area contributed by atoms with Crippen LogP contribution in [-0.4, -0.2) is 11.6 Å². The summed E-state index contributed by atoms with van der Waals surface area (Å²) in [5.41, 5.74) is 2.26. The maximum absolute atomic E-state index is 11.6. The molecule has 0 spiro atoms. The zero-order valence-corrected chi connectivity index (χ0v) is 9.53. The van der Waals surface area contributed by atoms with Gasteiger partial charge < -0.3 is 0 Å². The van der Waals surface area contributed by atoms with Crippen LogP contribution in [0.1, 0.15) is 41.1 Å². The number of carbonyl (C=O) groups is 2. The van der Waals surface area contributed by atoms with E-state index in [1.54, 1.807) is 0 Å². The Kier molecular flexibility index (Phi) is 3.58. The van der Waals surface area contributed by atoms with Gasteiger partial charge in [-0.25, -0.2) is 0 Å². The van der Waals surface area contributed by atoms with Crippen molar-refractivity contribution in [3.05, 3.63) is 21.4 Å². The quantitative estimate of drug-likeness (QED) is 0.565. The predicted octanol–water partition coefficient (Wildman–Crippen LogP) is 2.78. The maximum atomic E-state index is 11.6. The number of rotatable bonds is 4. The molecule has 0 aliphatic heterocycles. The van der Waals surface area contributed by atoms with Crippen molar-refractivity contribution in [3.8, 4) is 0 Å². The normalized spacial score (nSPS) is 10.2. The van der Waals surface area contributed by atoms with Gasteiger partial charge in [0.15, 0.2) is 5.78 Å². The molecule has 0 radical (unpaired) electrons. The molecule has 0 bridgehead atoms. The first-order valence-electron chi connectivity index (χ1n) is 4.65. The Hall–Kier alpha value is -0.960. The maximum Gasteiger partial charge on any atom is 0.180 e. The third-order valence-corrected chi connectivity index (χ3v) is 3.30. The molecule has 3 heteroatoms. The van der Waals surface area contributed by atoms with Gasteiger partial charge in [0.05, 0.1) is 11.3 Å². The van der Waals surface area contributed by atoms with Crippen molar-refractivity contribution in [1.29, 1.82) is 0 Å². The molecule has 1 aromatic rings. The molecular formula is C11H14O2S. The Morgan fingerprint density at radius 3 is 2.57 bits per heavy atom. The fraction of sp³-hybridized carbons (Fsp3) is 0.455. The van der Waals surface area contributed by atoms with Crippen LogP contribution < -0.4 is 0 Å². The van der Waals surface area contributed by atoms with Gasteiger partial charge in [0, 0.05) is 0 Å². The minimum atomic E-state index is -0.0666. The van der Waals surface area contributed by atoms with Crippen LogP contribution in [0.3, 0.4) is 0 Å². The number of aryl methyl sites for hydroxylation is 1. The number of hydrogen-bond donors (Lipinski definition) is 0. The van der Waals surface area contributed by atoms with Crippen LogP contribution in [-0.2, 0) is 11.2 Å². The second kappa shape index (κ2) is 4.51. The molecule has 1 heterocycles. The first-order chi connectivity index (χ1) is 6.56. The number of thiophene rings is 1. The Labute approximate surface area is 87.9 Å². The highest BCUT2D eigenvalue weighted by Gasteiger charge is 2.15. The molecule has 76 valence electrons. The van der Waals surface area contributed by atoms with Gasteiger partial charge in [0.1, 0.15) is 5.78 Å². The van der Waals surface area contributed by atoms with Gasteiger partial charge in [-0.05, 0) is 36.8 Å². The second-order valence-corrected chi connectivity index (χ2v) is 4.26. The van der Waals surface area contributed by atoms with Gasteiger partial charge >= 0.3 is 0 Å². The number of ketones is 2. The average Bonchev–Trinajstić information content (AvgIpc) is 2.45. The summed E-state index contributed by atoms with van der Waals surface area (Å²) < 4.78 is 0. The van der Waals surface area contributed by atoms with E-state index in [1.165, 1.54) is 18.3 Å². The SMILES string of the molecule is CCc1c(C)csc1C(=O)CC(C)=O. The predicted molar refractivity (Wildman–Crippen MR) is 58.1 cm³/mol. The van der Waals surface area contributed by atoms with E-state index in [2.05, 4.69) is 0 Å². The fourth-order valence-electron chi connectivity index (χ4n) is 1.45. The summed E-state index contributed by atoms with van der Waals surface area (Å²) in [6.07, 6.45) is 0.890. The summed E-state index contributed by atoms with van der Waals surface area (Å²) in [6.45, 7) is 5.48. The zero-order chi connectivity index (χ0) is 10.7. The third-order valence-electron chi connectivity index (χ3n) is 2.12. The summed E-state index contributed by atoms with van der Waals surface area (Å²) in [5, 5.41) is 1.98. The topological polar surface area (TPSA) is 34.1 Å². The molecule has 0 fully saturated rings. The van der Waals surface area contributed by atoms with Crippen LogP contribution >= 0.6 is 11.3 Å². The minimum Gasteiger partial charge on any atom is -0.300 e. The van der Waals surface area contributed by atoms with E-state index < -0.39 is 0 Å². The summed E-state index contributed by atoms with van der Waals surface area (Å²) in [7, 11) is 0. The summed E-state index contributed by atoms with van der Waals surface area (Å²) in [4.78, 5) is 23.2. The summed E-state index contributed by atoms with van der Waals surface area (Å²) in [6, 6.07) is 0. The molecule has 0 unspecified atom stereocenters. The molecular weight excluding hydrogens is 196 g/mol. The molecule has 1 rings (SSSR count). The van der Waals surface area contributed by atoms with E-state index in [-0.39, 0.29) is 18.0 Å². The van der Waals surface area contributed by atoms with E-state index in [4.69, 9.17) is 0 Å². The van der Waals surface area contributed by atoms with E-state index in [9.17, 15) is 9.59 Å². The first-order valence-corrected chi connectivity index (χ1v) is 5.53. The molecule has 0 aliphatic rings. The van der Waals surface area contributed by atoms with Crippen LogP contribution in [0.15, 0.2) is 5.38 Å². The van der Waals surface area contributed by atoms with Gasteiger partial charge in [0.2, 0.25) is 0 Å². The van der Waals surface area contributed by atoms with Crippen molar-refractivity contribution in [2.24, 2.45) is 0 Å². The monoisotopic (exact) mass is 210 g/mol. The Morgan fingerprint density at radius 2 is 2.07 bits per heavy atom. The molecule has 1 aromatic heterocycles. The van der Waals surface area contributed by atoms with Gasteiger partial charge in [-0.1, -0.05) is 6.92 Å². The molecule has 0 N–H and O–H groups in total. The Morgan fingerprint density at radius 1 is 1.43 bits per heavy atom. The highest BCUT2D eigenvalue weighted by molar-refractivity contribution is 7.12. The van der Waals surface area contributed by atoms with Crippen molar-refractivity contribution in [1.82, 2.24) is 0 Å². The molecule has 0 amide bonds. The second-order valence-electron chi connectivity index (χ2n) is 3.38. The van der Waals surface area contributed by atoms with Crippen LogP contribution in [0.25, 0.3) is 0 Å². The summed E-state index contributed by atoms with van der Waals surface area (Å²) in [5.74, 6) is -0.101. The highest BCUT2D eigenvalue weighted by atomic mass is 32.1. The van der Waals surface area contributed by atoms with Crippen molar-refractivity contribution in [2.75, 3.05) is 0 Å². The Balaban J connectivity index is 2.95. The van der Waals surface area contributed by atoms with Gasteiger partial charge in [-0.15, -0.1) is 11.3 Å². The lowest BCUT2D eigenvalue weighted by Crippen LogP contribution is -2.05. The van der Waals surface area contributed by atoms with Crippen molar-refractivity contribution in [3.63, 3.8) is 0 Å². The van der Waals surface area contributed by atoms with Crippen LogP contribution in [0.2, 0.25) is 0 Å². The van der Waals surface area contributed by atoms with Crippen molar-refractivity contribution >= 4 is 22.9 Å². The van der Waals surface area contributed by atoms with E-state index in [1.807, 2.05) is 19.2 Å². The number of Topliss-reactive ketones (excluding diaryl/α,β-unsaturated/α-hetero) is 2. The van der Waals surface area contributed by atoms with Gasteiger partial charge in [0.25, 0.3) is 0 Å². The molecule has 0 atom stereocenters. The lowest BCUT2D eigenvalue weighted by atomic mass is 10.1. The molecule has 0 saturated heterocycles.